The van der Waals surface area contributed by atoms with Crippen LogP contribution in [0.5, 0.6) is 0 Å². The van der Waals surface area contributed by atoms with E-state index in [0.29, 0.717) is 6.54 Å². The summed E-state index contributed by atoms with van der Waals surface area (Å²) in [7, 11) is 0. The van der Waals surface area contributed by atoms with E-state index in [-0.39, 0.29) is 30.2 Å². The summed E-state index contributed by atoms with van der Waals surface area (Å²) in [5.41, 5.74) is 0.767. The Labute approximate surface area is 154 Å². The van der Waals surface area contributed by atoms with Crippen LogP contribution >= 0.6 is 0 Å². The van der Waals surface area contributed by atoms with E-state index in [0.717, 1.165) is 31.2 Å². The van der Waals surface area contributed by atoms with Gasteiger partial charge >= 0.3 is 5.97 Å². The zero-order valence-electron chi connectivity index (χ0n) is 15.4. The minimum atomic E-state index is -0.720. The molecule has 1 N–H and O–H groups in total. The summed E-state index contributed by atoms with van der Waals surface area (Å²) in [5, 5.41) is 2.47. The Morgan fingerprint density at radius 1 is 1.23 bits per heavy atom. The molecule has 0 bridgehead atoms. The minimum absolute atomic E-state index is 0.0159. The number of carbonyl (C=O) groups is 3. The zero-order chi connectivity index (χ0) is 18.9. The normalized spacial score (nSPS) is 17.5. The number of nitrogens with one attached hydrogen (secondary N) is 1. The lowest BCUT2D eigenvalue weighted by Crippen LogP contribution is -2.45. The van der Waals surface area contributed by atoms with Gasteiger partial charge in [0.1, 0.15) is 5.70 Å². The van der Waals surface area contributed by atoms with Crippen molar-refractivity contribution in [2.24, 2.45) is 0 Å². The second-order valence-corrected chi connectivity index (χ2v) is 6.37. The van der Waals surface area contributed by atoms with Crippen LogP contribution in [0.4, 0.5) is 0 Å². The van der Waals surface area contributed by atoms with Crippen LogP contribution < -0.4 is 5.32 Å². The van der Waals surface area contributed by atoms with Gasteiger partial charge in [-0.25, -0.2) is 4.79 Å². The molecular formula is C20H26N2O4. The lowest BCUT2D eigenvalue weighted by Gasteiger charge is -2.35. The quantitative estimate of drug-likeness (QED) is 0.626. The number of likely N-dealkylation sites (tertiary alicyclic amines) is 1. The maximum atomic E-state index is 12.4. The van der Waals surface area contributed by atoms with E-state index in [1.807, 2.05) is 18.2 Å². The van der Waals surface area contributed by atoms with Gasteiger partial charge in [-0.15, -0.1) is 0 Å². The highest BCUT2D eigenvalue weighted by Crippen LogP contribution is 2.19. The van der Waals surface area contributed by atoms with Crippen LogP contribution in [0.25, 0.3) is 6.08 Å². The Hall–Kier alpha value is -2.63. The van der Waals surface area contributed by atoms with Gasteiger partial charge in [-0.3, -0.25) is 9.59 Å². The molecule has 1 fully saturated rings. The van der Waals surface area contributed by atoms with E-state index in [1.54, 1.807) is 17.0 Å². The van der Waals surface area contributed by atoms with Gasteiger partial charge in [0.25, 0.3) is 5.91 Å². The molecule has 1 aromatic rings. The predicted molar refractivity (Wildman–Crippen MR) is 98.8 cm³/mol. The summed E-state index contributed by atoms with van der Waals surface area (Å²) in [6.45, 7) is 3.75. The van der Waals surface area contributed by atoms with Gasteiger partial charge in [0.15, 0.2) is 6.61 Å². The Morgan fingerprint density at radius 2 is 1.96 bits per heavy atom. The molecule has 1 saturated heterocycles. The highest BCUT2D eigenvalue weighted by molar-refractivity contribution is 5.98. The van der Waals surface area contributed by atoms with E-state index in [1.165, 1.54) is 13.0 Å². The molecule has 1 aliphatic rings. The smallest absolute Gasteiger partial charge is 0.355 e. The van der Waals surface area contributed by atoms with Crippen molar-refractivity contribution < 1.29 is 19.1 Å². The number of hydrogen-bond donors (Lipinski definition) is 1. The number of ether oxygens (including phenoxy) is 1. The number of rotatable bonds is 6. The van der Waals surface area contributed by atoms with Crippen molar-refractivity contribution >= 4 is 23.9 Å². The lowest BCUT2D eigenvalue weighted by atomic mass is 10.00. The van der Waals surface area contributed by atoms with E-state index < -0.39 is 5.97 Å². The molecule has 0 unspecified atom stereocenters. The average Bonchev–Trinajstić information content (AvgIpc) is 2.65. The number of carbonyl (C=O) groups excluding carboxylic acids is 3. The minimum Gasteiger partial charge on any atom is -0.451 e. The summed E-state index contributed by atoms with van der Waals surface area (Å²) in [6.07, 6.45) is 5.51. The molecule has 0 aliphatic carbocycles. The summed E-state index contributed by atoms with van der Waals surface area (Å²) in [5.74, 6) is -1.29. The van der Waals surface area contributed by atoms with Crippen molar-refractivity contribution in [3.8, 4) is 0 Å². The third-order valence-corrected chi connectivity index (χ3v) is 4.39. The Balaban J connectivity index is 2.01. The largest absolute Gasteiger partial charge is 0.451 e. The van der Waals surface area contributed by atoms with Crippen molar-refractivity contribution in [2.45, 2.75) is 45.6 Å². The molecular weight excluding hydrogens is 332 g/mol. The molecule has 0 aromatic heterocycles. The third-order valence-electron chi connectivity index (χ3n) is 4.39. The first-order valence-corrected chi connectivity index (χ1v) is 9.02. The molecule has 0 radical (unpaired) electrons. The summed E-state index contributed by atoms with van der Waals surface area (Å²) >= 11 is 0. The zero-order valence-corrected chi connectivity index (χ0v) is 15.4. The molecule has 1 aromatic carbocycles. The van der Waals surface area contributed by atoms with Gasteiger partial charge in [0.05, 0.1) is 0 Å². The fourth-order valence-corrected chi connectivity index (χ4v) is 3.09. The summed E-state index contributed by atoms with van der Waals surface area (Å²) in [4.78, 5) is 37.9. The molecule has 0 spiro atoms. The number of esters is 1. The fourth-order valence-electron chi connectivity index (χ4n) is 3.09. The molecule has 1 heterocycles. The van der Waals surface area contributed by atoms with E-state index in [9.17, 15) is 14.4 Å². The van der Waals surface area contributed by atoms with Crippen LogP contribution in [0.1, 0.15) is 45.1 Å². The summed E-state index contributed by atoms with van der Waals surface area (Å²) in [6, 6.07) is 9.33. The number of hydrogen-bond acceptors (Lipinski definition) is 4. The van der Waals surface area contributed by atoms with E-state index in [2.05, 4.69) is 12.2 Å². The standard InChI is InChI=1S/C20H26N2O4/c1-3-17-11-7-8-12-22(17)19(24)14-26-20(25)18(21-15(2)23)13-16-9-5-4-6-10-16/h4-6,9-10,13,17H,3,7-8,11-12,14H2,1-2H3,(H,21,23)/b18-13-/t17-/m1/s1. The monoisotopic (exact) mass is 358 g/mol. The second-order valence-electron chi connectivity index (χ2n) is 6.37. The first-order chi connectivity index (χ1) is 12.5. The van der Waals surface area contributed by atoms with E-state index >= 15 is 0 Å². The Morgan fingerprint density at radius 3 is 2.62 bits per heavy atom. The maximum absolute atomic E-state index is 12.4. The molecule has 26 heavy (non-hydrogen) atoms. The van der Waals surface area contributed by atoms with Crippen molar-refractivity contribution in [3.05, 3.63) is 41.6 Å². The molecule has 6 nitrogen and oxygen atoms in total. The van der Waals surface area contributed by atoms with Gasteiger partial charge in [-0.05, 0) is 37.3 Å². The van der Waals surface area contributed by atoms with Crippen LogP contribution in [0.2, 0.25) is 0 Å². The van der Waals surface area contributed by atoms with Crippen LogP contribution in [0, 0.1) is 0 Å². The summed E-state index contributed by atoms with van der Waals surface area (Å²) < 4.78 is 5.17. The third kappa shape index (κ3) is 5.72. The number of benzene rings is 1. The molecule has 2 amide bonds. The molecule has 1 atom stereocenters. The van der Waals surface area contributed by atoms with Crippen LogP contribution in [-0.2, 0) is 19.1 Å². The molecule has 0 saturated carbocycles. The first-order valence-electron chi connectivity index (χ1n) is 9.02. The van der Waals surface area contributed by atoms with Gasteiger partial charge in [-0.1, -0.05) is 37.3 Å². The predicted octanol–water partition coefficient (Wildman–Crippen LogP) is 2.50. The first kappa shape index (κ1) is 19.7. The lowest BCUT2D eigenvalue weighted by molar-refractivity contribution is -0.151. The molecule has 6 heteroatoms. The molecule has 2 rings (SSSR count). The second kappa shape index (κ2) is 9.75. The van der Waals surface area contributed by atoms with Crippen molar-refractivity contribution in [2.75, 3.05) is 13.2 Å². The van der Waals surface area contributed by atoms with Crippen molar-refractivity contribution in [1.82, 2.24) is 10.2 Å². The number of nitrogens with zero attached hydrogens (tertiary/aromatic N) is 1. The maximum Gasteiger partial charge on any atom is 0.355 e. The van der Waals surface area contributed by atoms with Gasteiger partial charge in [-0.2, -0.15) is 0 Å². The van der Waals surface area contributed by atoms with Crippen LogP contribution in [0.3, 0.4) is 0 Å². The van der Waals surface area contributed by atoms with Crippen LogP contribution in [0.15, 0.2) is 36.0 Å². The van der Waals surface area contributed by atoms with Crippen LogP contribution in [-0.4, -0.2) is 41.9 Å². The topological polar surface area (TPSA) is 75.7 Å². The van der Waals surface area contributed by atoms with Crippen molar-refractivity contribution in [1.29, 1.82) is 0 Å². The molecule has 1 aliphatic heterocycles. The molecule has 140 valence electrons. The average molecular weight is 358 g/mol. The van der Waals surface area contributed by atoms with Gasteiger partial charge in [0.2, 0.25) is 5.91 Å². The van der Waals surface area contributed by atoms with Gasteiger partial charge in [0, 0.05) is 19.5 Å². The van der Waals surface area contributed by atoms with Gasteiger partial charge < -0.3 is 15.0 Å². The Bertz CT molecular complexity index is 670. The van der Waals surface area contributed by atoms with Crippen molar-refractivity contribution in [3.63, 3.8) is 0 Å². The number of piperidine rings is 1. The highest BCUT2D eigenvalue weighted by atomic mass is 16.5. The Kier molecular flexibility index (Phi) is 7.38. The van der Waals surface area contributed by atoms with E-state index in [4.69, 9.17) is 4.74 Å². The highest BCUT2D eigenvalue weighted by Gasteiger charge is 2.26. The fraction of sp³-hybridized carbons (Fsp3) is 0.450. The number of amides is 2. The SMILES string of the molecule is CC[C@@H]1CCCCN1C(=O)COC(=O)/C(=C/c1ccccc1)NC(C)=O.